The highest BCUT2D eigenvalue weighted by atomic mass is 16.5. The van der Waals surface area contributed by atoms with Crippen molar-refractivity contribution < 1.29 is 18.7 Å². The second-order valence-electron chi connectivity index (χ2n) is 6.06. The first-order valence-electron chi connectivity index (χ1n) is 8.00. The van der Waals surface area contributed by atoms with Gasteiger partial charge in [0, 0.05) is 13.1 Å². The molecule has 1 amide bonds. The van der Waals surface area contributed by atoms with Crippen molar-refractivity contribution in [3.05, 3.63) is 64.1 Å². The van der Waals surface area contributed by atoms with Crippen LogP contribution in [0.5, 0.6) is 0 Å². The molecule has 132 valence electrons. The van der Waals surface area contributed by atoms with E-state index in [2.05, 4.69) is 6.07 Å². The molecule has 0 N–H and O–H groups in total. The van der Waals surface area contributed by atoms with Gasteiger partial charge >= 0.3 is 5.97 Å². The molecule has 0 aliphatic carbocycles. The number of carbonyl (C=O) groups excluding carboxylic acids is 2. The number of furan rings is 1. The Morgan fingerprint density at radius 1 is 1.20 bits per heavy atom. The van der Waals surface area contributed by atoms with Crippen LogP contribution in [0.25, 0.3) is 6.08 Å². The smallest absolute Gasteiger partial charge is 0.341 e. The summed E-state index contributed by atoms with van der Waals surface area (Å²) in [6.07, 6.45) is 3.34. The Bertz CT molecular complexity index is 817. The molecule has 1 aromatic heterocycles. The van der Waals surface area contributed by atoms with E-state index < -0.39 is 5.97 Å². The number of amides is 1. The molecular weight excluding hydrogens is 318 g/mol. The molecule has 0 saturated heterocycles. The lowest BCUT2D eigenvalue weighted by atomic mass is 10.1. The molecule has 2 aromatic rings. The van der Waals surface area contributed by atoms with Crippen LogP contribution in [0, 0.1) is 20.8 Å². The zero-order valence-corrected chi connectivity index (χ0v) is 15.3. The number of hydrogen-bond donors (Lipinski definition) is 0. The fourth-order valence-electron chi connectivity index (χ4n) is 2.55. The van der Waals surface area contributed by atoms with Crippen LogP contribution in [-0.4, -0.2) is 30.9 Å². The predicted molar refractivity (Wildman–Crippen MR) is 96.2 cm³/mol. The second kappa shape index (κ2) is 7.83. The van der Waals surface area contributed by atoms with E-state index in [9.17, 15) is 9.59 Å². The average Bonchev–Trinajstić information content (AvgIpc) is 2.93. The largest absolute Gasteiger partial charge is 0.465 e. The number of rotatable bonds is 5. The lowest BCUT2D eigenvalue weighted by molar-refractivity contribution is -0.125. The molecule has 25 heavy (non-hydrogen) atoms. The van der Waals surface area contributed by atoms with E-state index in [-0.39, 0.29) is 12.5 Å². The van der Waals surface area contributed by atoms with Crippen LogP contribution in [0.2, 0.25) is 0 Å². The normalized spacial score (nSPS) is 10.9. The fraction of sp³-hybridized carbons (Fsp3) is 0.300. The first-order chi connectivity index (χ1) is 11.8. The zero-order valence-electron chi connectivity index (χ0n) is 15.3. The molecule has 1 heterocycles. The van der Waals surface area contributed by atoms with Gasteiger partial charge in [-0.15, -0.1) is 0 Å². The number of carbonyl (C=O) groups is 2. The minimum absolute atomic E-state index is 0.145. The van der Waals surface area contributed by atoms with E-state index >= 15 is 0 Å². The van der Waals surface area contributed by atoms with Gasteiger partial charge in [0.25, 0.3) is 0 Å². The van der Waals surface area contributed by atoms with Crippen LogP contribution in [0.15, 0.2) is 34.8 Å². The predicted octanol–water partition coefficient (Wildman–Crippen LogP) is 3.66. The maximum Gasteiger partial charge on any atom is 0.341 e. The molecule has 5 nitrogen and oxygen atoms in total. The van der Waals surface area contributed by atoms with Crippen molar-refractivity contribution in [2.75, 3.05) is 14.2 Å². The lowest BCUT2D eigenvalue weighted by Gasteiger charge is -2.13. The third-order valence-electron chi connectivity index (χ3n) is 3.97. The van der Waals surface area contributed by atoms with Gasteiger partial charge in [-0.2, -0.15) is 0 Å². The van der Waals surface area contributed by atoms with Crippen molar-refractivity contribution in [1.29, 1.82) is 0 Å². The Morgan fingerprint density at radius 2 is 1.92 bits per heavy atom. The Kier molecular flexibility index (Phi) is 5.80. The summed E-state index contributed by atoms with van der Waals surface area (Å²) in [6.45, 7) is 6.01. The minimum Gasteiger partial charge on any atom is -0.465 e. The van der Waals surface area contributed by atoms with E-state index in [0.29, 0.717) is 17.1 Å². The van der Waals surface area contributed by atoms with Crippen LogP contribution in [0.4, 0.5) is 0 Å². The Morgan fingerprint density at radius 3 is 2.56 bits per heavy atom. The van der Waals surface area contributed by atoms with Gasteiger partial charge in [-0.1, -0.05) is 23.8 Å². The second-order valence-corrected chi connectivity index (χ2v) is 6.06. The Hall–Kier alpha value is -2.82. The molecule has 1 aromatic carbocycles. The molecule has 0 aliphatic rings. The molecule has 0 unspecified atom stereocenters. The Balaban J connectivity index is 2.05. The molecule has 0 saturated carbocycles. The average molecular weight is 341 g/mol. The molecule has 2 rings (SSSR count). The number of benzene rings is 1. The van der Waals surface area contributed by atoms with Crippen LogP contribution in [0.1, 0.15) is 38.6 Å². The summed E-state index contributed by atoms with van der Waals surface area (Å²) in [4.78, 5) is 25.4. The molecule has 0 aliphatic heterocycles. The van der Waals surface area contributed by atoms with Crippen LogP contribution in [0.3, 0.4) is 0 Å². The van der Waals surface area contributed by atoms with Crippen LogP contribution < -0.4 is 0 Å². The van der Waals surface area contributed by atoms with Gasteiger partial charge in [-0.25, -0.2) is 4.79 Å². The molecule has 0 bridgehead atoms. The third kappa shape index (κ3) is 4.59. The maximum atomic E-state index is 12.3. The Labute approximate surface area is 147 Å². The third-order valence-corrected chi connectivity index (χ3v) is 3.97. The number of methoxy groups -OCH3 is 1. The van der Waals surface area contributed by atoms with Gasteiger partial charge in [0.05, 0.1) is 13.7 Å². The number of ether oxygens (including phenoxy) is 1. The van der Waals surface area contributed by atoms with Crippen molar-refractivity contribution in [2.45, 2.75) is 27.3 Å². The quantitative estimate of drug-likeness (QED) is 0.615. The molecule has 0 radical (unpaired) electrons. The van der Waals surface area contributed by atoms with Crippen molar-refractivity contribution in [2.24, 2.45) is 0 Å². The monoisotopic (exact) mass is 341 g/mol. The summed E-state index contributed by atoms with van der Waals surface area (Å²) in [6, 6.07) is 7.69. The van der Waals surface area contributed by atoms with Gasteiger partial charge in [0.2, 0.25) is 5.91 Å². The number of likely N-dealkylation sites (N-methyl/N-ethyl adjacent to an activating group) is 1. The van der Waals surface area contributed by atoms with Crippen molar-refractivity contribution in [3.63, 3.8) is 0 Å². The van der Waals surface area contributed by atoms with Gasteiger partial charge in [-0.05, 0) is 44.0 Å². The summed E-state index contributed by atoms with van der Waals surface area (Å²) in [5.74, 6) is 0.423. The van der Waals surface area contributed by atoms with E-state index in [1.165, 1.54) is 23.6 Å². The van der Waals surface area contributed by atoms with Gasteiger partial charge in [-0.3, -0.25) is 4.79 Å². The summed E-state index contributed by atoms with van der Waals surface area (Å²) in [5.41, 5.74) is 3.70. The first kappa shape index (κ1) is 18.5. The van der Waals surface area contributed by atoms with E-state index in [0.717, 1.165) is 11.1 Å². The van der Waals surface area contributed by atoms with E-state index in [4.69, 9.17) is 9.15 Å². The number of nitrogens with zero attached hydrogens (tertiary/aromatic N) is 1. The molecule has 5 heteroatoms. The highest BCUT2D eigenvalue weighted by Crippen LogP contribution is 2.17. The van der Waals surface area contributed by atoms with E-state index in [1.807, 2.05) is 26.0 Å². The number of esters is 1. The van der Waals surface area contributed by atoms with Crippen LogP contribution >= 0.6 is 0 Å². The van der Waals surface area contributed by atoms with Gasteiger partial charge in [0.15, 0.2) is 0 Å². The molecule has 0 spiro atoms. The number of aryl methyl sites for hydroxylation is 3. The van der Waals surface area contributed by atoms with Gasteiger partial charge < -0.3 is 14.1 Å². The van der Waals surface area contributed by atoms with Crippen molar-refractivity contribution >= 4 is 18.0 Å². The summed E-state index contributed by atoms with van der Waals surface area (Å²) in [7, 11) is 3.01. The lowest BCUT2D eigenvalue weighted by Crippen LogP contribution is -2.23. The SMILES string of the molecule is COC(=O)c1cc(CN(C)C(=O)/C=C/c2ccc(C)cc2C)oc1C. The number of hydrogen-bond acceptors (Lipinski definition) is 4. The highest BCUT2D eigenvalue weighted by Gasteiger charge is 2.17. The topological polar surface area (TPSA) is 59.8 Å². The fourth-order valence-corrected chi connectivity index (χ4v) is 2.55. The molecular formula is C20H23NO4. The highest BCUT2D eigenvalue weighted by molar-refractivity contribution is 5.92. The van der Waals surface area contributed by atoms with Crippen LogP contribution in [-0.2, 0) is 16.1 Å². The minimum atomic E-state index is -0.448. The molecule has 0 fully saturated rings. The van der Waals surface area contributed by atoms with Gasteiger partial charge in [0.1, 0.15) is 17.1 Å². The molecule has 0 atom stereocenters. The summed E-state index contributed by atoms with van der Waals surface area (Å²) < 4.78 is 10.2. The first-order valence-corrected chi connectivity index (χ1v) is 8.00. The summed E-state index contributed by atoms with van der Waals surface area (Å²) >= 11 is 0. The zero-order chi connectivity index (χ0) is 18.6. The standard InChI is InChI=1S/C20H23NO4/c1-13-6-7-16(14(2)10-13)8-9-19(22)21(4)12-17-11-18(15(3)25-17)20(23)24-5/h6-11H,12H2,1-5H3/b9-8+. The maximum absolute atomic E-state index is 12.3. The van der Waals surface area contributed by atoms with E-state index in [1.54, 1.807) is 26.1 Å². The van der Waals surface area contributed by atoms with Crippen molar-refractivity contribution in [1.82, 2.24) is 4.90 Å². The summed E-state index contributed by atoms with van der Waals surface area (Å²) in [5, 5.41) is 0. The van der Waals surface area contributed by atoms with Crippen molar-refractivity contribution in [3.8, 4) is 0 Å².